The van der Waals surface area contributed by atoms with Gasteiger partial charge in [-0.25, -0.2) is 13.2 Å². The molecule has 0 radical (unpaired) electrons. The minimum Gasteiger partial charge on any atom is -0.380 e. The third kappa shape index (κ3) is 2.95. The molecule has 19 heavy (non-hydrogen) atoms. The van der Waals surface area contributed by atoms with Crippen LogP contribution in [0.5, 0.6) is 5.75 Å². The maximum absolute atomic E-state index is 12.8. The van der Waals surface area contributed by atoms with Crippen molar-refractivity contribution < 1.29 is 25.8 Å². The molecule has 1 aromatic carbocycles. The number of nitrogens with zero attached hydrogens (tertiary/aromatic N) is 1. The average molecular weight is 291 g/mol. The Kier molecular flexibility index (Phi) is 3.61. The van der Waals surface area contributed by atoms with Crippen molar-refractivity contribution in [2.24, 2.45) is 0 Å². The second-order valence-corrected chi connectivity index (χ2v) is 5.25. The number of aromatic nitrogens is 1. The smallest absolute Gasteiger partial charge is 0.347 e. The van der Waals surface area contributed by atoms with Crippen molar-refractivity contribution in [3.05, 3.63) is 36.7 Å². The Morgan fingerprint density at radius 2 is 1.84 bits per heavy atom. The van der Waals surface area contributed by atoms with Crippen molar-refractivity contribution in [1.82, 2.24) is 4.98 Å². The Hall–Kier alpha value is -1.83. The van der Waals surface area contributed by atoms with Gasteiger partial charge in [0.05, 0.1) is 0 Å². The summed E-state index contributed by atoms with van der Waals surface area (Å²) in [5.74, 6) is -0.234. The number of alkyl halides is 3. The summed E-state index contributed by atoms with van der Waals surface area (Å²) >= 11 is 0. The zero-order valence-corrected chi connectivity index (χ0v) is 10.1. The van der Waals surface area contributed by atoms with Gasteiger partial charge in [0.1, 0.15) is 5.75 Å². The zero-order valence-electron chi connectivity index (χ0n) is 9.33. The SMILES string of the molecule is O=S(=O)(Oc1ccc2cnccc2c1)C(F)C(F)F. The van der Waals surface area contributed by atoms with Gasteiger partial charge in [-0.2, -0.15) is 8.42 Å². The summed E-state index contributed by atoms with van der Waals surface area (Å²) in [6.07, 6.45) is -0.655. The van der Waals surface area contributed by atoms with E-state index >= 15 is 0 Å². The molecule has 1 unspecified atom stereocenters. The summed E-state index contributed by atoms with van der Waals surface area (Å²) in [4.78, 5) is 3.85. The molecule has 0 aliphatic rings. The van der Waals surface area contributed by atoms with Crippen molar-refractivity contribution >= 4 is 20.9 Å². The highest BCUT2D eigenvalue weighted by atomic mass is 32.2. The number of hydrogen-bond acceptors (Lipinski definition) is 4. The Bertz CT molecular complexity index is 690. The van der Waals surface area contributed by atoms with Gasteiger partial charge in [0.25, 0.3) is 11.9 Å². The molecule has 1 atom stereocenters. The largest absolute Gasteiger partial charge is 0.380 e. The third-order valence-electron chi connectivity index (χ3n) is 2.30. The first-order valence-corrected chi connectivity index (χ1v) is 6.56. The third-order valence-corrected chi connectivity index (χ3v) is 3.48. The summed E-state index contributed by atoms with van der Waals surface area (Å²) in [7, 11) is -5.01. The van der Waals surface area contributed by atoms with Crippen LogP contribution in [0.3, 0.4) is 0 Å². The fourth-order valence-electron chi connectivity index (χ4n) is 1.42. The summed E-state index contributed by atoms with van der Waals surface area (Å²) in [5.41, 5.74) is -3.37. The van der Waals surface area contributed by atoms with Crippen LogP contribution >= 0.6 is 0 Å². The number of halogens is 3. The molecule has 102 valence electrons. The van der Waals surface area contributed by atoms with Gasteiger partial charge in [-0.15, -0.1) is 0 Å². The summed E-state index contributed by atoms with van der Waals surface area (Å²) in [6.45, 7) is 0. The van der Waals surface area contributed by atoms with E-state index in [4.69, 9.17) is 0 Å². The van der Waals surface area contributed by atoms with Gasteiger partial charge >= 0.3 is 10.1 Å². The maximum Gasteiger partial charge on any atom is 0.347 e. The van der Waals surface area contributed by atoms with E-state index in [1.807, 2.05) is 0 Å². The first-order valence-electron chi connectivity index (χ1n) is 5.09. The number of fused-ring (bicyclic) bond motifs is 1. The molecule has 0 amide bonds. The highest BCUT2D eigenvalue weighted by molar-refractivity contribution is 7.87. The highest BCUT2D eigenvalue weighted by Gasteiger charge is 2.36. The number of pyridine rings is 1. The minimum absolute atomic E-state index is 0.234. The van der Waals surface area contributed by atoms with Crippen LogP contribution in [0.25, 0.3) is 10.8 Å². The van der Waals surface area contributed by atoms with Gasteiger partial charge in [0.15, 0.2) is 0 Å². The van der Waals surface area contributed by atoms with Gasteiger partial charge in [-0.1, -0.05) is 0 Å². The number of rotatable bonds is 4. The van der Waals surface area contributed by atoms with Crippen molar-refractivity contribution in [1.29, 1.82) is 0 Å². The molecule has 2 aromatic rings. The van der Waals surface area contributed by atoms with Gasteiger partial charge in [0.2, 0.25) is 0 Å². The quantitative estimate of drug-likeness (QED) is 0.812. The molecule has 2 rings (SSSR count). The lowest BCUT2D eigenvalue weighted by Crippen LogP contribution is -2.28. The molecule has 1 aromatic heterocycles. The van der Waals surface area contributed by atoms with Crippen LogP contribution in [0.15, 0.2) is 36.7 Å². The Morgan fingerprint density at radius 1 is 1.11 bits per heavy atom. The second-order valence-electron chi connectivity index (χ2n) is 3.65. The van der Waals surface area contributed by atoms with E-state index in [-0.39, 0.29) is 5.75 Å². The standard InChI is InChI=1S/C11H8F3NO3S/c12-10(13)11(14)19(16,17)18-9-2-1-8-6-15-4-3-7(8)5-9/h1-6,10-11H. The lowest BCUT2D eigenvalue weighted by atomic mass is 10.2. The van der Waals surface area contributed by atoms with Crippen LogP contribution in [-0.2, 0) is 10.1 Å². The van der Waals surface area contributed by atoms with Gasteiger partial charge in [0, 0.05) is 17.8 Å². The van der Waals surface area contributed by atoms with E-state index in [0.29, 0.717) is 10.8 Å². The summed E-state index contributed by atoms with van der Waals surface area (Å²) < 4.78 is 63.6. The Balaban J connectivity index is 2.31. The monoisotopic (exact) mass is 291 g/mol. The number of hydrogen-bond donors (Lipinski definition) is 0. The molecule has 0 spiro atoms. The molecule has 0 saturated carbocycles. The molecular weight excluding hydrogens is 283 g/mol. The van der Waals surface area contributed by atoms with E-state index in [0.717, 1.165) is 0 Å². The molecule has 4 nitrogen and oxygen atoms in total. The Labute approximate surface area is 107 Å². The van der Waals surface area contributed by atoms with E-state index in [1.54, 1.807) is 6.07 Å². The number of benzene rings is 1. The topological polar surface area (TPSA) is 56.3 Å². The molecule has 0 aliphatic heterocycles. The van der Waals surface area contributed by atoms with Crippen molar-refractivity contribution in [2.45, 2.75) is 11.9 Å². The molecule has 8 heteroatoms. The van der Waals surface area contributed by atoms with Gasteiger partial charge in [-0.3, -0.25) is 4.98 Å². The zero-order chi connectivity index (χ0) is 14.0. The summed E-state index contributed by atoms with van der Waals surface area (Å²) in [5, 5.41) is 1.30. The van der Waals surface area contributed by atoms with Crippen LogP contribution < -0.4 is 4.18 Å². The lowest BCUT2D eigenvalue weighted by molar-refractivity contribution is 0.0864. The van der Waals surface area contributed by atoms with Crippen molar-refractivity contribution in [2.75, 3.05) is 0 Å². The van der Waals surface area contributed by atoms with Crippen LogP contribution in [0.4, 0.5) is 13.2 Å². The van der Waals surface area contributed by atoms with Crippen LogP contribution in [0, 0.1) is 0 Å². The normalized spacial score (nSPS) is 13.7. The first-order chi connectivity index (χ1) is 8.90. The van der Waals surface area contributed by atoms with Crippen molar-refractivity contribution in [3.8, 4) is 5.75 Å². The summed E-state index contributed by atoms with van der Waals surface area (Å²) in [6, 6.07) is 5.60. The lowest BCUT2D eigenvalue weighted by Gasteiger charge is -2.10. The molecule has 0 fully saturated rings. The fraction of sp³-hybridized carbons (Fsp3) is 0.182. The second kappa shape index (κ2) is 5.04. The van der Waals surface area contributed by atoms with E-state index in [1.165, 1.54) is 30.6 Å². The fourth-order valence-corrected chi connectivity index (χ4v) is 2.14. The predicted molar refractivity (Wildman–Crippen MR) is 62.2 cm³/mol. The van der Waals surface area contributed by atoms with E-state index in [9.17, 15) is 21.6 Å². The predicted octanol–water partition coefficient (Wildman–Crippen LogP) is 2.50. The van der Waals surface area contributed by atoms with Crippen LogP contribution in [0.1, 0.15) is 0 Å². The molecular formula is C11H8F3NO3S. The minimum atomic E-state index is -5.01. The van der Waals surface area contributed by atoms with Crippen molar-refractivity contribution in [3.63, 3.8) is 0 Å². The van der Waals surface area contributed by atoms with Gasteiger partial charge < -0.3 is 4.18 Å². The highest BCUT2D eigenvalue weighted by Crippen LogP contribution is 2.23. The molecule has 0 bridgehead atoms. The van der Waals surface area contributed by atoms with E-state index in [2.05, 4.69) is 9.17 Å². The Morgan fingerprint density at radius 3 is 2.53 bits per heavy atom. The maximum atomic E-state index is 12.8. The molecule has 0 saturated heterocycles. The molecule has 1 heterocycles. The van der Waals surface area contributed by atoms with Crippen LogP contribution in [-0.4, -0.2) is 25.3 Å². The van der Waals surface area contributed by atoms with Crippen LogP contribution in [0.2, 0.25) is 0 Å². The van der Waals surface area contributed by atoms with Gasteiger partial charge in [-0.05, 0) is 29.7 Å². The molecule has 0 N–H and O–H groups in total. The average Bonchev–Trinajstić information content (AvgIpc) is 2.37. The van der Waals surface area contributed by atoms with E-state index < -0.39 is 22.0 Å². The first kappa shape index (κ1) is 13.6. The molecule has 0 aliphatic carbocycles.